The van der Waals surface area contributed by atoms with Gasteiger partial charge in [0.1, 0.15) is 6.04 Å². The molecule has 3 amide bonds. The minimum atomic E-state index is -0.797. The number of rotatable bonds is 9. The highest BCUT2D eigenvalue weighted by Gasteiger charge is 2.34. The van der Waals surface area contributed by atoms with E-state index in [0.29, 0.717) is 11.3 Å². The smallest absolute Gasteiger partial charge is 0.271 e. The van der Waals surface area contributed by atoms with Crippen molar-refractivity contribution in [1.29, 1.82) is 0 Å². The van der Waals surface area contributed by atoms with Crippen LogP contribution in [-0.4, -0.2) is 30.0 Å². The minimum absolute atomic E-state index is 0.0808. The molecule has 1 aliphatic rings. The highest BCUT2D eigenvalue weighted by molar-refractivity contribution is 7.10. The lowest BCUT2D eigenvalue weighted by Crippen LogP contribution is -2.47. The van der Waals surface area contributed by atoms with Gasteiger partial charge in [0.05, 0.1) is 6.42 Å². The van der Waals surface area contributed by atoms with E-state index in [9.17, 15) is 14.4 Å². The first-order valence-corrected chi connectivity index (χ1v) is 13.1. The van der Waals surface area contributed by atoms with Crippen LogP contribution in [0.3, 0.4) is 0 Å². The molecule has 4 rings (SSSR count). The third-order valence-corrected chi connectivity index (χ3v) is 7.06. The van der Waals surface area contributed by atoms with Crippen LogP contribution >= 0.6 is 11.3 Å². The minimum Gasteiger partial charge on any atom is -0.351 e. The Bertz CT molecular complexity index is 1160. The third kappa shape index (κ3) is 6.66. The Morgan fingerprint density at radius 3 is 2.31 bits per heavy atom. The van der Waals surface area contributed by atoms with Crippen molar-refractivity contribution in [2.45, 2.75) is 50.6 Å². The highest BCUT2D eigenvalue weighted by atomic mass is 32.1. The number of nitrogens with zero attached hydrogens (tertiary/aromatic N) is 2. The monoisotopic (exact) mass is 502 g/mol. The maximum Gasteiger partial charge on any atom is 0.271 e. The van der Waals surface area contributed by atoms with Crippen molar-refractivity contribution < 1.29 is 14.4 Å². The first kappa shape index (κ1) is 25.3. The van der Waals surface area contributed by atoms with Gasteiger partial charge in [0.25, 0.3) is 5.91 Å². The van der Waals surface area contributed by atoms with Crippen LogP contribution in [0, 0.1) is 0 Å². The number of hydrogen-bond acceptors (Lipinski definition) is 5. The molecule has 2 N–H and O–H groups in total. The van der Waals surface area contributed by atoms with Crippen molar-refractivity contribution in [3.8, 4) is 0 Å². The zero-order valence-electron chi connectivity index (χ0n) is 20.0. The van der Waals surface area contributed by atoms with Gasteiger partial charge in [-0.3, -0.25) is 19.3 Å². The van der Waals surface area contributed by atoms with Gasteiger partial charge in [-0.05, 0) is 48.6 Å². The predicted octanol–water partition coefficient (Wildman–Crippen LogP) is 5.08. The van der Waals surface area contributed by atoms with Crippen LogP contribution in [0.5, 0.6) is 0 Å². The molecule has 1 aromatic heterocycles. The summed E-state index contributed by atoms with van der Waals surface area (Å²) in [6.45, 7) is 0. The molecule has 0 aliphatic heterocycles. The lowest BCUT2D eigenvalue weighted by atomic mass is 9.95. The van der Waals surface area contributed by atoms with Crippen LogP contribution < -0.4 is 15.6 Å². The van der Waals surface area contributed by atoms with Gasteiger partial charge in [-0.15, -0.1) is 11.3 Å². The zero-order valence-corrected chi connectivity index (χ0v) is 20.8. The zero-order chi connectivity index (χ0) is 25.2. The average molecular weight is 503 g/mol. The van der Waals surface area contributed by atoms with Crippen molar-refractivity contribution in [2.24, 2.45) is 5.10 Å². The van der Waals surface area contributed by atoms with Gasteiger partial charge in [0.2, 0.25) is 11.8 Å². The lowest BCUT2D eigenvalue weighted by molar-refractivity contribution is -0.126. The predicted molar refractivity (Wildman–Crippen MR) is 143 cm³/mol. The summed E-state index contributed by atoms with van der Waals surface area (Å²) < 4.78 is 0. The first-order valence-electron chi connectivity index (χ1n) is 12.2. The number of hydrazone groups is 1. The largest absolute Gasteiger partial charge is 0.351 e. The van der Waals surface area contributed by atoms with Gasteiger partial charge in [0.15, 0.2) is 0 Å². The molecule has 0 spiro atoms. The van der Waals surface area contributed by atoms with Crippen LogP contribution in [0.25, 0.3) is 0 Å². The maximum absolute atomic E-state index is 13.6. The van der Waals surface area contributed by atoms with Gasteiger partial charge in [-0.25, -0.2) is 5.43 Å². The van der Waals surface area contributed by atoms with Crippen LogP contribution in [0.4, 0.5) is 5.69 Å². The van der Waals surface area contributed by atoms with Crippen molar-refractivity contribution in [3.63, 3.8) is 0 Å². The summed E-state index contributed by atoms with van der Waals surface area (Å²) in [4.78, 5) is 41.7. The molecule has 0 saturated heterocycles. The first-order chi connectivity index (χ1) is 17.6. The molecule has 1 saturated carbocycles. The molecular formula is C28H30N4O3S. The standard InChI is InChI=1S/C28H30N4O3S/c33-25(18-19-29-31-27(34)21-11-4-1-5-12-21)32(23-15-8-3-9-16-23)26(24-17-10-20-36-24)28(35)30-22-13-6-2-7-14-22/h1,3-5,8-12,15-17,19-20,22,26H,2,6-7,13-14,18H2,(H,30,35)(H,31,34)/b29-19+. The summed E-state index contributed by atoms with van der Waals surface area (Å²) >= 11 is 1.45. The summed E-state index contributed by atoms with van der Waals surface area (Å²) in [7, 11) is 0. The topological polar surface area (TPSA) is 90.9 Å². The average Bonchev–Trinajstić information content (AvgIpc) is 3.45. The Kier molecular flexibility index (Phi) is 8.99. The summed E-state index contributed by atoms with van der Waals surface area (Å²) in [5, 5.41) is 9.06. The number of amides is 3. The maximum atomic E-state index is 13.6. The van der Waals surface area contributed by atoms with Crippen LogP contribution in [0.2, 0.25) is 0 Å². The number of hydrogen-bond donors (Lipinski definition) is 2. The molecule has 1 aliphatic carbocycles. The Hall–Kier alpha value is -3.78. The lowest BCUT2D eigenvalue weighted by Gasteiger charge is -2.32. The molecule has 8 heteroatoms. The number of para-hydroxylation sites is 1. The van der Waals surface area contributed by atoms with Crippen LogP contribution in [-0.2, 0) is 9.59 Å². The Labute approximate surface area is 215 Å². The van der Waals surface area contributed by atoms with Crippen molar-refractivity contribution in [3.05, 3.63) is 88.6 Å². The van der Waals surface area contributed by atoms with Gasteiger partial charge in [-0.2, -0.15) is 5.10 Å². The van der Waals surface area contributed by atoms with E-state index in [2.05, 4.69) is 15.8 Å². The van der Waals surface area contributed by atoms with Crippen LogP contribution in [0.1, 0.15) is 59.8 Å². The van der Waals surface area contributed by atoms with Gasteiger partial charge in [-0.1, -0.05) is 61.7 Å². The molecule has 0 bridgehead atoms. The highest BCUT2D eigenvalue weighted by Crippen LogP contribution is 2.31. The van der Waals surface area contributed by atoms with E-state index in [1.807, 2.05) is 53.9 Å². The van der Waals surface area contributed by atoms with E-state index in [-0.39, 0.29) is 30.2 Å². The Morgan fingerprint density at radius 2 is 1.64 bits per heavy atom. The number of benzene rings is 2. The van der Waals surface area contributed by atoms with E-state index < -0.39 is 6.04 Å². The summed E-state index contributed by atoms with van der Waals surface area (Å²) in [6.07, 6.45) is 6.58. The van der Waals surface area contributed by atoms with E-state index in [4.69, 9.17) is 0 Å². The number of nitrogens with one attached hydrogen (secondary N) is 2. The summed E-state index contributed by atoms with van der Waals surface area (Å²) in [5.74, 6) is -0.838. The molecule has 2 aromatic carbocycles. The number of carbonyl (C=O) groups excluding carboxylic acids is 3. The second kappa shape index (κ2) is 12.8. The fourth-order valence-electron chi connectivity index (χ4n) is 4.35. The van der Waals surface area contributed by atoms with E-state index in [0.717, 1.165) is 30.6 Å². The van der Waals surface area contributed by atoms with Gasteiger partial charge >= 0.3 is 0 Å². The normalized spacial score (nSPS) is 14.8. The third-order valence-electron chi connectivity index (χ3n) is 6.13. The quantitative estimate of drug-likeness (QED) is 0.316. The molecule has 1 fully saturated rings. The molecule has 36 heavy (non-hydrogen) atoms. The molecule has 0 radical (unpaired) electrons. The molecular weight excluding hydrogens is 472 g/mol. The Balaban J connectivity index is 1.53. The van der Waals surface area contributed by atoms with Crippen molar-refractivity contribution >= 4 is 41.0 Å². The molecule has 3 aromatic rings. The fourth-order valence-corrected chi connectivity index (χ4v) is 5.17. The second-order valence-electron chi connectivity index (χ2n) is 8.68. The number of carbonyl (C=O) groups is 3. The number of thiophene rings is 1. The number of anilines is 1. The van der Waals surface area contributed by atoms with Crippen molar-refractivity contribution in [2.75, 3.05) is 4.90 Å². The SMILES string of the molecule is O=C(N/N=C/CC(=O)N(c1ccccc1)C(C(=O)NC1CCCCC1)c1cccs1)c1ccccc1. The molecule has 1 unspecified atom stereocenters. The molecule has 1 heterocycles. The van der Waals surface area contributed by atoms with Gasteiger partial charge < -0.3 is 5.32 Å². The summed E-state index contributed by atoms with van der Waals surface area (Å²) in [6, 6.07) is 21.0. The van der Waals surface area contributed by atoms with E-state index in [1.54, 1.807) is 24.3 Å². The molecule has 1 atom stereocenters. The van der Waals surface area contributed by atoms with Crippen molar-refractivity contribution in [1.82, 2.24) is 10.7 Å². The van der Waals surface area contributed by atoms with Gasteiger partial charge in [0, 0.05) is 28.4 Å². The van der Waals surface area contributed by atoms with E-state index >= 15 is 0 Å². The Morgan fingerprint density at radius 1 is 0.944 bits per heavy atom. The molecule has 186 valence electrons. The molecule has 7 nitrogen and oxygen atoms in total. The second-order valence-corrected chi connectivity index (χ2v) is 9.66. The van der Waals surface area contributed by atoms with Crippen LogP contribution in [0.15, 0.2) is 83.3 Å². The fraction of sp³-hybridized carbons (Fsp3) is 0.286. The van der Waals surface area contributed by atoms with E-state index in [1.165, 1.54) is 28.9 Å². The summed E-state index contributed by atoms with van der Waals surface area (Å²) in [5.41, 5.74) is 3.55.